The van der Waals surface area contributed by atoms with E-state index in [0.717, 1.165) is 201 Å². The second-order valence-electron chi connectivity index (χ2n) is 35.6. The van der Waals surface area contributed by atoms with E-state index in [2.05, 4.69) is 119 Å². The van der Waals surface area contributed by atoms with Crippen molar-refractivity contribution >= 4 is 142 Å². The standard InChI is InChI=1S/C33H38N6O4S.C31H34N6O4S.C27H29N7O2S.C18H20N6OS/c1-33(2,3)43-31(42)19-16-24-12-9-13-25(20-24)22-29(41)35-32-39-38-30(44-32)15-8-7-14-26-17-18-27(37-36-26)34-28(40)21-23-10-5-4-6-11-23;1-2-41-30(40)18-15-23-11-8-12-24(19-23)21-28(39)33-31-37-36-29(42-31)14-7-6-13-25-16-17-26(35-34-25)32-27(38)20-22-9-4-3-5-10-22;28-18-21-10-6-9-20(15-21)17-25(36)30-27-34-33-26(37-27)12-5-4-11-22-13-14-23(32-31-22)29-24(35)16-19-7-2-1-3-8-19;19-18-24-23-17(26-18)9-5-4-8-14-10-11-15(22-21-14)20-16(25)12-13-6-2-1-3-7-13/h4-6,9-13,17-18,20H,7-8,14-16,19,21-22H2,1-3H3,(H,34,37,40)(H,35,39,41);3-5,8-12,16-17,19H,2,6-7,13-15,18,20-21H2,1H3,(H,32,35,38)(H,33,37,39);1-3,6-10,13-15H,4-5,11-12,16-18,28H2,(H,29,32,35)(H,30,34,36);1-3,6-7,10-11H,4-5,8-9,12H2,(H2,19,24)(H,20,22,25). The fourth-order valence-corrected chi connectivity index (χ4v) is 17.9. The molecule has 0 radical (unpaired) electrons. The Labute approximate surface area is 880 Å². The molecule has 0 bridgehead atoms. The molecule has 36 nitrogen and oxygen atoms in total. The number of benzene rings is 7. The topological polar surface area (TPSA) is 515 Å². The van der Waals surface area contributed by atoms with Gasteiger partial charge in [0.15, 0.2) is 23.3 Å². The number of anilines is 8. The molecule has 7 aromatic carbocycles. The average Bonchev–Trinajstić information content (AvgIpc) is 1.86. The first-order valence-electron chi connectivity index (χ1n) is 49.2. The first kappa shape index (κ1) is 112. The fraction of sp³-hybridized carbons (Fsp3) is 0.312. The van der Waals surface area contributed by atoms with Gasteiger partial charge in [0.2, 0.25) is 61.9 Å². The highest BCUT2D eigenvalue weighted by Gasteiger charge is 2.21. The van der Waals surface area contributed by atoms with E-state index in [9.17, 15) is 43.2 Å². The second kappa shape index (κ2) is 60.9. The van der Waals surface area contributed by atoms with Crippen molar-refractivity contribution in [1.82, 2.24) is 81.6 Å². The molecule has 772 valence electrons. The molecule has 0 aliphatic rings. The first-order valence-corrected chi connectivity index (χ1v) is 52.5. The summed E-state index contributed by atoms with van der Waals surface area (Å²) in [5.41, 5.74) is 23.6. The number of rotatable bonds is 49. The lowest BCUT2D eigenvalue weighted by Gasteiger charge is -2.19. The monoisotopic (exact) mass is 2080 g/mol. The molecule has 40 heteroatoms. The zero-order valence-corrected chi connectivity index (χ0v) is 86.8. The van der Waals surface area contributed by atoms with Gasteiger partial charge in [0, 0.05) is 45.1 Å². The summed E-state index contributed by atoms with van der Waals surface area (Å²) in [7, 11) is 0. The van der Waals surface area contributed by atoms with Crippen molar-refractivity contribution in [3.8, 4) is 0 Å². The number of amides is 7. The van der Waals surface area contributed by atoms with E-state index in [-0.39, 0.29) is 91.8 Å². The summed E-state index contributed by atoms with van der Waals surface area (Å²) in [6, 6.07) is 75.9. The Bertz CT molecular complexity index is 6730. The van der Waals surface area contributed by atoms with Gasteiger partial charge >= 0.3 is 11.9 Å². The molecule has 8 heterocycles. The predicted octanol–water partition coefficient (Wildman–Crippen LogP) is 16.7. The third kappa shape index (κ3) is 43.7. The van der Waals surface area contributed by atoms with Gasteiger partial charge < -0.3 is 58.2 Å². The molecular formula is C109H121N25O11S4. The van der Waals surface area contributed by atoms with Crippen LogP contribution in [0.15, 0.2) is 243 Å². The highest BCUT2D eigenvalue weighted by molar-refractivity contribution is 7.16. The molecule has 0 fully saturated rings. The van der Waals surface area contributed by atoms with Gasteiger partial charge in [0.1, 0.15) is 25.6 Å². The summed E-state index contributed by atoms with van der Waals surface area (Å²) in [5.74, 6) is 0.363. The number of hydrogen-bond acceptors (Lipinski definition) is 33. The fourth-order valence-electron chi connectivity index (χ4n) is 14.8. The van der Waals surface area contributed by atoms with E-state index in [4.69, 9.17) is 20.9 Å². The Morgan fingerprint density at radius 3 is 0.812 bits per heavy atom. The number of nitrogens with two attached hydrogens (primary N) is 2. The molecule has 0 saturated heterocycles. The van der Waals surface area contributed by atoms with Crippen molar-refractivity contribution in [3.63, 3.8) is 0 Å². The number of ether oxygens (including phenoxy) is 2. The lowest BCUT2D eigenvalue weighted by molar-refractivity contribution is -0.155. The molecule has 0 unspecified atom stereocenters. The van der Waals surface area contributed by atoms with Crippen LogP contribution < -0.4 is 48.7 Å². The van der Waals surface area contributed by atoms with Gasteiger partial charge in [-0.15, -0.1) is 61.2 Å². The number of nitrogen functional groups attached to an aromatic ring is 1. The van der Waals surface area contributed by atoms with Crippen LogP contribution in [0.4, 0.5) is 43.8 Å². The number of hydrogen-bond donors (Lipinski definition) is 9. The lowest BCUT2D eigenvalue weighted by atomic mass is 10.0. The van der Waals surface area contributed by atoms with Crippen molar-refractivity contribution < 1.29 is 52.6 Å². The van der Waals surface area contributed by atoms with Gasteiger partial charge in [-0.2, -0.15) is 20.4 Å². The van der Waals surface area contributed by atoms with Crippen molar-refractivity contribution in [3.05, 3.63) is 341 Å². The summed E-state index contributed by atoms with van der Waals surface area (Å²) in [5, 5.41) is 91.1. The van der Waals surface area contributed by atoms with Crippen LogP contribution in [-0.2, 0) is 168 Å². The number of aromatic nitrogens is 16. The molecule has 149 heavy (non-hydrogen) atoms. The van der Waals surface area contributed by atoms with Crippen LogP contribution in [0, 0.1) is 0 Å². The number of nitrogens with one attached hydrogen (secondary N) is 7. The van der Waals surface area contributed by atoms with E-state index in [1.807, 2.05) is 239 Å². The number of carbonyl (C=O) groups is 9. The summed E-state index contributed by atoms with van der Waals surface area (Å²) < 4.78 is 10.3. The van der Waals surface area contributed by atoms with E-state index in [1.54, 1.807) is 31.2 Å². The lowest BCUT2D eigenvalue weighted by Crippen LogP contribution is -2.24. The molecule has 8 aromatic heterocycles. The van der Waals surface area contributed by atoms with Crippen molar-refractivity contribution in [2.24, 2.45) is 5.73 Å². The maximum absolute atomic E-state index is 12.6. The molecule has 0 aliphatic carbocycles. The van der Waals surface area contributed by atoms with E-state index < -0.39 is 5.60 Å². The van der Waals surface area contributed by atoms with Crippen molar-refractivity contribution in [2.75, 3.05) is 49.6 Å². The van der Waals surface area contributed by atoms with Gasteiger partial charge in [0.05, 0.1) is 74.3 Å². The van der Waals surface area contributed by atoms with Crippen molar-refractivity contribution in [1.29, 1.82) is 0 Å². The molecule has 15 aromatic rings. The number of esters is 2. The minimum atomic E-state index is -0.505. The molecule has 15 rings (SSSR count). The average molecular weight is 2090 g/mol. The van der Waals surface area contributed by atoms with E-state index >= 15 is 0 Å². The SMILES string of the molecule is CC(C)(C)OC(=O)CCc1cccc(CC(=O)Nc2nnc(CCCCc3ccc(NC(=O)Cc4ccccc4)nn3)s2)c1.CCOC(=O)CCc1cccc(CC(=O)Nc2nnc(CCCCc3ccc(NC(=O)Cc4ccccc4)nn3)s2)c1.NCc1cccc(CC(=O)Nc2nnc(CCCCc3ccc(NC(=O)Cc4ccccc4)nn3)s2)c1.Nc1nnc(CCCCc2ccc(NC(=O)Cc3ccccc3)nn2)s1. The quantitative estimate of drug-likeness (QED) is 0.0126. The zero-order valence-electron chi connectivity index (χ0n) is 83.5. The molecule has 11 N–H and O–H groups in total. The normalized spacial score (nSPS) is 10.8. The van der Waals surface area contributed by atoms with Gasteiger partial charge in [-0.3, -0.25) is 43.2 Å². The Kier molecular flexibility index (Phi) is 45.7. The Hall–Kier alpha value is -15.9. The minimum Gasteiger partial charge on any atom is -0.466 e. The van der Waals surface area contributed by atoms with Crippen LogP contribution in [-0.4, -0.2) is 147 Å². The van der Waals surface area contributed by atoms with Crippen molar-refractivity contribution in [2.45, 2.75) is 213 Å². The Morgan fingerprint density at radius 2 is 0.530 bits per heavy atom. The molecule has 0 aliphatic heterocycles. The van der Waals surface area contributed by atoms with Crippen LogP contribution in [0.2, 0.25) is 0 Å². The number of aryl methyl sites for hydroxylation is 10. The van der Waals surface area contributed by atoms with Crippen LogP contribution in [0.1, 0.15) is 190 Å². The van der Waals surface area contributed by atoms with E-state index in [1.165, 1.54) is 45.3 Å². The molecule has 0 atom stereocenters. The van der Waals surface area contributed by atoms with Gasteiger partial charge in [-0.25, -0.2) is 0 Å². The summed E-state index contributed by atoms with van der Waals surface area (Å²) in [6.45, 7) is 8.14. The number of nitrogens with zero attached hydrogens (tertiary/aromatic N) is 16. The third-order valence-electron chi connectivity index (χ3n) is 22.0. The van der Waals surface area contributed by atoms with Crippen LogP contribution in [0.5, 0.6) is 0 Å². The summed E-state index contributed by atoms with van der Waals surface area (Å²) in [6.07, 6.45) is 17.2. The third-order valence-corrected chi connectivity index (χ3v) is 25.5. The van der Waals surface area contributed by atoms with Gasteiger partial charge in [0.25, 0.3) is 0 Å². The maximum Gasteiger partial charge on any atom is 0.306 e. The minimum absolute atomic E-state index is 0.102. The van der Waals surface area contributed by atoms with Gasteiger partial charge in [-0.1, -0.05) is 239 Å². The number of carbonyl (C=O) groups excluding carboxylic acids is 9. The Balaban J connectivity index is 0.000000179. The Morgan fingerprint density at radius 1 is 0.268 bits per heavy atom. The van der Waals surface area contributed by atoms with Crippen LogP contribution in [0.25, 0.3) is 0 Å². The number of unbranched alkanes of at least 4 members (excludes halogenated alkanes) is 4. The molecule has 0 saturated carbocycles. The predicted molar refractivity (Wildman–Crippen MR) is 577 cm³/mol. The van der Waals surface area contributed by atoms with Crippen LogP contribution >= 0.6 is 45.3 Å². The maximum atomic E-state index is 12.6. The molecule has 7 amide bonds. The summed E-state index contributed by atoms with van der Waals surface area (Å²) in [4.78, 5) is 110. The zero-order chi connectivity index (χ0) is 105. The largest absolute Gasteiger partial charge is 0.466 e. The highest BCUT2D eigenvalue weighted by atomic mass is 32.1. The smallest absolute Gasteiger partial charge is 0.306 e. The molecular weight excluding hydrogens is 1960 g/mol. The highest BCUT2D eigenvalue weighted by Crippen LogP contribution is 2.26. The first-order chi connectivity index (χ1) is 72.3. The molecule has 0 spiro atoms. The van der Waals surface area contributed by atoms with E-state index in [0.29, 0.717) is 89.1 Å². The second-order valence-corrected chi connectivity index (χ2v) is 39.9. The van der Waals surface area contributed by atoms with Gasteiger partial charge in [-0.05, 0) is 222 Å². The summed E-state index contributed by atoms with van der Waals surface area (Å²) >= 11 is 5.56. The van der Waals surface area contributed by atoms with Crippen LogP contribution in [0.3, 0.4) is 0 Å².